The Morgan fingerprint density at radius 3 is 2.70 bits per heavy atom. The molecule has 14 heteroatoms. The molecule has 4 N–H and O–H groups in total. The summed E-state index contributed by atoms with van der Waals surface area (Å²) in [6.07, 6.45) is -3.01. The highest BCUT2D eigenvalue weighted by molar-refractivity contribution is 5.92. The molecule has 37 heavy (non-hydrogen) atoms. The fourth-order valence-corrected chi connectivity index (χ4v) is 3.20. The molecule has 196 valence electrons. The molecule has 0 saturated carbocycles. The molecule has 1 saturated heterocycles. The van der Waals surface area contributed by atoms with Crippen molar-refractivity contribution in [2.75, 3.05) is 18.5 Å². The number of nitrogens with zero attached hydrogens (tertiary/aromatic N) is 4. The summed E-state index contributed by atoms with van der Waals surface area (Å²) in [6, 6.07) is 5.83. The Balaban J connectivity index is 1.79. The number of anilines is 1. The summed E-state index contributed by atoms with van der Waals surface area (Å²) in [4.78, 5) is 39.6. The molecule has 2 aromatic rings. The SMILES string of the molecule is C=N/C(=C\N=C(C)Oc1ccc(-c2nc(N[C@H]3CCNC3=O)cc(C(N)=O)n2)cc1C)OCC(F)(F)F. The summed E-state index contributed by atoms with van der Waals surface area (Å²) in [5, 5.41) is 5.70. The predicted molar refractivity (Wildman–Crippen MR) is 129 cm³/mol. The van der Waals surface area contributed by atoms with Crippen molar-refractivity contribution in [3.05, 3.63) is 47.6 Å². The average Bonchev–Trinajstić information content (AvgIpc) is 3.23. The number of ether oxygens (including phenoxy) is 2. The molecule has 1 aliphatic rings. The van der Waals surface area contributed by atoms with Crippen molar-refractivity contribution in [2.24, 2.45) is 15.7 Å². The Kier molecular flexibility index (Phi) is 8.42. The zero-order chi connectivity index (χ0) is 27.2. The lowest BCUT2D eigenvalue weighted by atomic mass is 10.1. The number of carbonyl (C=O) groups excluding carboxylic acids is 2. The molecule has 1 aliphatic heterocycles. The van der Waals surface area contributed by atoms with Gasteiger partial charge in [-0.3, -0.25) is 9.59 Å². The molecule has 0 radical (unpaired) electrons. The van der Waals surface area contributed by atoms with Gasteiger partial charge in [0.15, 0.2) is 18.3 Å². The number of amides is 2. The molecule has 1 aromatic carbocycles. The highest BCUT2D eigenvalue weighted by Crippen LogP contribution is 2.26. The molecule has 1 fully saturated rings. The minimum Gasteiger partial charge on any atom is -0.467 e. The van der Waals surface area contributed by atoms with E-state index in [1.54, 1.807) is 25.1 Å². The van der Waals surface area contributed by atoms with Gasteiger partial charge in [-0.15, -0.1) is 0 Å². The number of benzene rings is 1. The Morgan fingerprint density at radius 2 is 2.11 bits per heavy atom. The van der Waals surface area contributed by atoms with Crippen LogP contribution in [0.1, 0.15) is 29.4 Å². The topological polar surface area (TPSA) is 153 Å². The van der Waals surface area contributed by atoms with Crippen molar-refractivity contribution in [2.45, 2.75) is 32.5 Å². The molecule has 0 unspecified atom stereocenters. The second-order valence-corrected chi connectivity index (χ2v) is 7.86. The maximum atomic E-state index is 12.3. The smallest absolute Gasteiger partial charge is 0.422 e. The Labute approximate surface area is 209 Å². The largest absolute Gasteiger partial charge is 0.467 e. The monoisotopic (exact) mass is 519 g/mol. The molecular formula is C23H24F3N7O4. The van der Waals surface area contributed by atoms with Crippen LogP contribution in [0.5, 0.6) is 5.75 Å². The lowest BCUT2D eigenvalue weighted by Gasteiger charge is -2.13. The van der Waals surface area contributed by atoms with Crippen molar-refractivity contribution in [3.63, 3.8) is 0 Å². The Morgan fingerprint density at radius 1 is 1.35 bits per heavy atom. The van der Waals surface area contributed by atoms with Crippen LogP contribution in [0, 0.1) is 6.92 Å². The standard InChI is InChI=1S/C23H24F3N7O4/c1-12-8-14(4-5-17(12)37-13(2)30-10-19(28-3)36-11-23(24,25)26)21-32-16(20(27)34)9-18(33-21)31-15-6-7-29-22(15)35/h4-5,8-10,15H,3,6-7,11H2,1-2H3,(H2,27,34)(H,29,35)(H,31,32,33)/b19-10+,30-13?/t15-/m0/s1. The van der Waals surface area contributed by atoms with E-state index in [0.29, 0.717) is 29.8 Å². The number of carbonyl (C=O) groups is 2. The molecule has 1 aromatic heterocycles. The van der Waals surface area contributed by atoms with Crippen LogP contribution in [-0.2, 0) is 9.53 Å². The van der Waals surface area contributed by atoms with E-state index in [4.69, 9.17) is 10.5 Å². The molecule has 11 nitrogen and oxygen atoms in total. The first-order valence-corrected chi connectivity index (χ1v) is 10.9. The van der Waals surface area contributed by atoms with Gasteiger partial charge >= 0.3 is 6.18 Å². The van der Waals surface area contributed by atoms with E-state index in [2.05, 4.69) is 42.0 Å². The summed E-state index contributed by atoms with van der Waals surface area (Å²) in [5.41, 5.74) is 6.58. The van der Waals surface area contributed by atoms with Crippen LogP contribution in [0.2, 0.25) is 0 Å². The van der Waals surface area contributed by atoms with Gasteiger partial charge in [-0.05, 0) is 43.8 Å². The maximum absolute atomic E-state index is 12.3. The summed E-state index contributed by atoms with van der Waals surface area (Å²) >= 11 is 0. The fraction of sp³-hybridized carbons (Fsp3) is 0.304. The number of rotatable bonds is 9. The van der Waals surface area contributed by atoms with Gasteiger partial charge in [0.1, 0.15) is 23.3 Å². The van der Waals surface area contributed by atoms with Crippen LogP contribution in [0.3, 0.4) is 0 Å². The number of alkyl halides is 3. The quantitative estimate of drug-likeness (QED) is 0.262. The Bertz CT molecular complexity index is 1260. The van der Waals surface area contributed by atoms with Crippen molar-refractivity contribution in [1.29, 1.82) is 0 Å². The van der Waals surface area contributed by atoms with Gasteiger partial charge in [0.25, 0.3) is 5.91 Å². The molecule has 1 atom stereocenters. The number of halogens is 3. The van der Waals surface area contributed by atoms with Gasteiger partial charge in [0.2, 0.25) is 11.8 Å². The van der Waals surface area contributed by atoms with E-state index in [1.165, 1.54) is 13.0 Å². The number of aromatic nitrogens is 2. The van der Waals surface area contributed by atoms with E-state index in [-0.39, 0.29) is 29.1 Å². The lowest BCUT2D eigenvalue weighted by Crippen LogP contribution is -2.30. The first-order chi connectivity index (χ1) is 17.4. The van der Waals surface area contributed by atoms with Crippen LogP contribution in [0.15, 0.2) is 46.3 Å². The normalized spacial score (nSPS) is 16.2. The van der Waals surface area contributed by atoms with E-state index < -0.39 is 30.6 Å². The van der Waals surface area contributed by atoms with Gasteiger partial charge in [-0.1, -0.05) is 0 Å². The number of aryl methyl sites for hydroxylation is 1. The van der Waals surface area contributed by atoms with Crippen LogP contribution >= 0.6 is 0 Å². The number of hydrogen-bond acceptors (Lipinski definition) is 9. The summed E-state index contributed by atoms with van der Waals surface area (Å²) in [7, 11) is 0. The van der Waals surface area contributed by atoms with Crippen LogP contribution in [0.25, 0.3) is 11.4 Å². The fourth-order valence-electron chi connectivity index (χ4n) is 3.20. The number of aliphatic imine (C=N–C) groups is 2. The van der Waals surface area contributed by atoms with Crippen LogP contribution in [0.4, 0.5) is 19.0 Å². The second kappa shape index (κ2) is 11.5. The van der Waals surface area contributed by atoms with Crippen LogP contribution in [-0.4, -0.2) is 59.8 Å². The van der Waals surface area contributed by atoms with Gasteiger partial charge in [-0.2, -0.15) is 13.2 Å². The van der Waals surface area contributed by atoms with Gasteiger partial charge < -0.3 is 25.8 Å². The third-order valence-corrected chi connectivity index (χ3v) is 4.94. The van der Waals surface area contributed by atoms with Crippen molar-refractivity contribution in [1.82, 2.24) is 15.3 Å². The molecule has 2 heterocycles. The van der Waals surface area contributed by atoms with Gasteiger partial charge in [-0.25, -0.2) is 20.0 Å². The molecule has 0 spiro atoms. The first-order valence-electron chi connectivity index (χ1n) is 10.9. The third kappa shape index (κ3) is 7.75. The second-order valence-electron chi connectivity index (χ2n) is 7.86. The third-order valence-electron chi connectivity index (χ3n) is 4.94. The zero-order valence-electron chi connectivity index (χ0n) is 19.9. The van der Waals surface area contributed by atoms with Crippen molar-refractivity contribution < 1.29 is 32.2 Å². The van der Waals surface area contributed by atoms with Crippen molar-refractivity contribution in [3.8, 4) is 17.1 Å². The summed E-state index contributed by atoms with van der Waals surface area (Å²) < 4.78 is 47.1. The van der Waals surface area contributed by atoms with Crippen molar-refractivity contribution >= 4 is 30.2 Å². The van der Waals surface area contributed by atoms with E-state index in [0.717, 1.165) is 6.20 Å². The van der Waals surface area contributed by atoms with E-state index in [1.807, 2.05) is 0 Å². The minimum absolute atomic E-state index is 0.0296. The summed E-state index contributed by atoms with van der Waals surface area (Å²) in [6.45, 7) is 5.38. The number of nitrogens with two attached hydrogens (primary N) is 1. The average molecular weight is 519 g/mol. The highest BCUT2D eigenvalue weighted by Gasteiger charge is 2.28. The highest BCUT2D eigenvalue weighted by atomic mass is 19.4. The maximum Gasteiger partial charge on any atom is 0.422 e. The van der Waals surface area contributed by atoms with Gasteiger partial charge in [0, 0.05) is 25.1 Å². The summed E-state index contributed by atoms with van der Waals surface area (Å²) in [5.74, 6) is -0.384. The Hall–Kier alpha value is -4.49. The van der Waals surface area contributed by atoms with E-state index in [9.17, 15) is 22.8 Å². The number of nitrogens with one attached hydrogen (secondary N) is 2. The predicted octanol–water partition coefficient (Wildman–Crippen LogP) is 2.73. The minimum atomic E-state index is -4.53. The molecule has 3 rings (SSSR count). The first kappa shape index (κ1) is 27.1. The van der Waals surface area contributed by atoms with Crippen LogP contribution < -0.4 is 21.1 Å². The zero-order valence-corrected chi connectivity index (χ0v) is 19.9. The lowest BCUT2D eigenvalue weighted by molar-refractivity contribution is -0.164. The van der Waals surface area contributed by atoms with E-state index >= 15 is 0 Å². The molecular weight excluding hydrogens is 495 g/mol. The molecule has 2 amide bonds. The number of hydrogen-bond donors (Lipinski definition) is 3. The molecule has 0 bridgehead atoms. The number of primary amides is 1. The van der Waals surface area contributed by atoms with Gasteiger partial charge in [0.05, 0.1) is 6.20 Å². The molecule has 0 aliphatic carbocycles.